The average molecular weight is 232 g/mol. The standard InChI is InChI=1S/C11H15Cl2N/c1-8(12)7-14-9(2)10-3-5-11(13)6-4-10/h3-6,8-9,14H,7H2,1-2H3. The average Bonchev–Trinajstić information content (AvgIpc) is 2.15. The monoisotopic (exact) mass is 231 g/mol. The lowest BCUT2D eigenvalue weighted by molar-refractivity contribution is 0.573. The van der Waals surface area contributed by atoms with E-state index in [-0.39, 0.29) is 5.38 Å². The Balaban J connectivity index is 2.52. The van der Waals surface area contributed by atoms with Crippen molar-refractivity contribution in [1.82, 2.24) is 5.32 Å². The van der Waals surface area contributed by atoms with Gasteiger partial charge in [0.2, 0.25) is 0 Å². The molecule has 1 nitrogen and oxygen atoms in total. The van der Waals surface area contributed by atoms with Gasteiger partial charge >= 0.3 is 0 Å². The molecule has 1 rings (SSSR count). The molecule has 0 saturated heterocycles. The SMILES string of the molecule is CC(Cl)CNC(C)c1ccc(Cl)cc1. The minimum absolute atomic E-state index is 0.157. The van der Waals surface area contributed by atoms with Crippen molar-refractivity contribution in [2.75, 3.05) is 6.54 Å². The minimum atomic E-state index is 0.157. The third kappa shape index (κ3) is 3.87. The molecule has 0 amide bonds. The van der Waals surface area contributed by atoms with Crippen LogP contribution in [0.3, 0.4) is 0 Å². The van der Waals surface area contributed by atoms with Crippen molar-refractivity contribution in [3.05, 3.63) is 34.9 Å². The van der Waals surface area contributed by atoms with Crippen LogP contribution < -0.4 is 5.32 Å². The first-order valence-corrected chi connectivity index (χ1v) is 5.54. The Morgan fingerprint density at radius 2 is 1.79 bits per heavy atom. The van der Waals surface area contributed by atoms with E-state index in [1.807, 2.05) is 31.2 Å². The van der Waals surface area contributed by atoms with Crippen molar-refractivity contribution in [3.63, 3.8) is 0 Å². The van der Waals surface area contributed by atoms with Crippen LogP contribution in [0.2, 0.25) is 5.02 Å². The molecule has 0 bridgehead atoms. The molecule has 0 aliphatic heterocycles. The van der Waals surface area contributed by atoms with Crippen LogP contribution in [0.5, 0.6) is 0 Å². The van der Waals surface area contributed by atoms with E-state index in [1.165, 1.54) is 5.56 Å². The molecule has 1 aromatic rings. The molecule has 0 radical (unpaired) electrons. The Morgan fingerprint density at radius 1 is 1.21 bits per heavy atom. The lowest BCUT2D eigenvalue weighted by Gasteiger charge is -2.15. The van der Waals surface area contributed by atoms with Crippen LogP contribution >= 0.6 is 23.2 Å². The van der Waals surface area contributed by atoms with Crippen molar-refractivity contribution >= 4 is 23.2 Å². The molecule has 2 atom stereocenters. The topological polar surface area (TPSA) is 12.0 Å². The summed E-state index contributed by atoms with van der Waals surface area (Å²) in [5.41, 5.74) is 1.23. The van der Waals surface area contributed by atoms with Gasteiger partial charge in [0.1, 0.15) is 0 Å². The van der Waals surface area contributed by atoms with E-state index in [2.05, 4.69) is 12.2 Å². The number of halogens is 2. The fourth-order valence-electron chi connectivity index (χ4n) is 1.21. The van der Waals surface area contributed by atoms with Gasteiger partial charge in [0.05, 0.1) is 0 Å². The van der Waals surface area contributed by atoms with Gasteiger partial charge in [0.15, 0.2) is 0 Å². The molecule has 0 aromatic heterocycles. The van der Waals surface area contributed by atoms with E-state index in [1.54, 1.807) is 0 Å². The van der Waals surface area contributed by atoms with E-state index >= 15 is 0 Å². The van der Waals surface area contributed by atoms with E-state index < -0.39 is 0 Å². The second-order valence-electron chi connectivity index (χ2n) is 3.46. The molecular formula is C11H15Cl2N. The molecule has 78 valence electrons. The molecule has 0 saturated carbocycles. The van der Waals surface area contributed by atoms with Crippen LogP contribution in [0.4, 0.5) is 0 Å². The fraction of sp³-hybridized carbons (Fsp3) is 0.455. The second kappa shape index (κ2) is 5.59. The van der Waals surface area contributed by atoms with Crippen LogP contribution in [0, 0.1) is 0 Å². The molecule has 1 N–H and O–H groups in total. The maximum Gasteiger partial charge on any atom is 0.0432 e. The Morgan fingerprint density at radius 3 is 2.29 bits per heavy atom. The van der Waals surface area contributed by atoms with E-state index in [9.17, 15) is 0 Å². The summed E-state index contributed by atoms with van der Waals surface area (Å²) in [7, 11) is 0. The van der Waals surface area contributed by atoms with Gasteiger partial charge in [-0.25, -0.2) is 0 Å². The van der Waals surface area contributed by atoms with Gasteiger partial charge in [0.25, 0.3) is 0 Å². The molecule has 3 heteroatoms. The van der Waals surface area contributed by atoms with Crippen LogP contribution in [0.15, 0.2) is 24.3 Å². The van der Waals surface area contributed by atoms with Crippen LogP contribution in [0.25, 0.3) is 0 Å². The summed E-state index contributed by atoms with van der Waals surface area (Å²) in [6.07, 6.45) is 0. The normalized spacial score (nSPS) is 15.1. The van der Waals surface area contributed by atoms with E-state index in [0.717, 1.165) is 11.6 Å². The Kier molecular flexibility index (Phi) is 4.73. The fourth-order valence-corrected chi connectivity index (χ4v) is 1.42. The quantitative estimate of drug-likeness (QED) is 0.782. The molecule has 1 aromatic carbocycles. The summed E-state index contributed by atoms with van der Waals surface area (Å²) in [6, 6.07) is 8.17. The van der Waals surface area contributed by atoms with Crippen molar-refractivity contribution < 1.29 is 0 Å². The lowest BCUT2D eigenvalue weighted by Crippen LogP contribution is -2.24. The molecule has 14 heavy (non-hydrogen) atoms. The first-order valence-electron chi connectivity index (χ1n) is 4.72. The van der Waals surface area contributed by atoms with Gasteiger partial charge in [-0.1, -0.05) is 23.7 Å². The highest BCUT2D eigenvalue weighted by Crippen LogP contribution is 2.15. The Hall–Kier alpha value is -0.240. The minimum Gasteiger partial charge on any atom is -0.309 e. The molecule has 0 aliphatic rings. The Labute approximate surface area is 95.4 Å². The summed E-state index contributed by atoms with van der Waals surface area (Å²) in [5.74, 6) is 0. The highest BCUT2D eigenvalue weighted by molar-refractivity contribution is 6.30. The van der Waals surface area contributed by atoms with Crippen LogP contribution in [-0.4, -0.2) is 11.9 Å². The third-order valence-electron chi connectivity index (χ3n) is 2.08. The van der Waals surface area contributed by atoms with Gasteiger partial charge in [-0.2, -0.15) is 0 Å². The third-order valence-corrected chi connectivity index (χ3v) is 2.48. The second-order valence-corrected chi connectivity index (χ2v) is 4.64. The zero-order chi connectivity index (χ0) is 10.6. The predicted octanol–water partition coefficient (Wildman–Crippen LogP) is 3.62. The van der Waals surface area contributed by atoms with E-state index in [4.69, 9.17) is 23.2 Å². The van der Waals surface area contributed by atoms with Crippen molar-refractivity contribution in [2.45, 2.75) is 25.3 Å². The van der Waals surface area contributed by atoms with Gasteiger partial charge in [-0.3, -0.25) is 0 Å². The summed E-state index contributed by atoms with van der Waals surface area (Å²) >= 11 is 11.7. The number of alkyl halides is 1. The molecule has 0 heterocycles. The highest BCUT2D eigenvalue weighted by atomic mass is 35.5. The van der Waals surface area contributed by atoms with E-state index in [0.29, 0.717) is 6.04 Å². The van der Waals surface area contributed by atoms with Crippen molar-refractivity contribution in [1.29, 1.82) is 0 Å². The number of hydrogen-bond acceptors (Lipinski definition) is 1. The van der Waals surface area contributed by atoms with Gasteiger partial charge in [-0.05, 0) is 31.5 Å². The molecule has 0 fully saturated rings. The molecule has 2 unspecified atom stereocenters. The first kappa shape index (κ1) is 11.8. The summed E-state index contributed by atoms with van der Waals surface area (Å²) < 4.78 is 0. The van der Waals surface area contributed by atoms with Crippen molar-refractivity contribution in [3.8, 4) is 0 Å². The smallest absolute Gasteiger partial charge is 0.0432 e. The summed E-state index contributed by atoms with van der Waals surface area (Å²) in [5, 5.41) is 4.27. The maximum atomic E-state index is 5.85. The van der Waals surface area contributed by atoms with Crippen LogP contribution in [-0.2, 0) is 0 Å². The predicted molar refractivity (Wildman–Crippen MR) is 63.2 cm³/mol. The summed E-state index contributed by atoms with van der Waals surface area (Å²) in [6.45, 7) is 4.90. The Bertz CT molecular complexity index is 269. The number of nitrogens with one attached hydrogen (secondary N) is 1. The molecule has 0 aliphatic carbocycles. The van der Waals surface area contributed by atoms with Crippen LogP contribution in [0.1, 0.15) is 25.5 Å². The van der Waals surface area contributed by atoms with Gasteiger partial charge in [0, 0.05) is 23.0 Å². The number of benzene rings is 1. The van der Waals surface area contributed by atoms with Gasteiger partial charge in [-0.15, -0.1) is 11.6 Å². The molecule has 0 spiro atoms. The van der Waals surface area contributed by atoms with Gasteiger partial charge < -0.3 is 5.32 Å². The number of rotatable bonds is 4. The highest BCUT2D eigenvalue weighted by Gasteiger charge is 2.05. The largest absolute Gasteiger partial charge is 0.309 e. The number of hydrogen-bond donors (Lipinski definition) is 1. The molecular weight excluding hydrogens is 217 g/mol. The first-order chi connectivity index (χ1) is 6.59. The lowest BCUT2D eigenvalue weighted by atomic mass is 10.1. The maximum absolute atomic E-state index is 5.85. The zero-order valence-electron chi connectivity index (χ0n) is 8.43. The summed E-state index contributed by atoms with van der Waals surface area (Å²) in [4.78, 5) is 0. The van der Waals surface area contributed by atoms with Crippen molar-refractivity contribution in [2.24, 2.45) is 0 Å². The zero-order valence-corrected chi connectivity index (χ0v) is 9.94.